The fraction of sp³-hybridized carbons (Fsp3) is 0.909. The summed E-state index contributed by atoms with van der Waals surface area (Å²) < 4.78 is 0. The zero-order valence-electron chi connectivity index (χ0n) is 9.44. The maximum Gasteiger partial charge on any atom is 0.407 e. The summed E-state index contributed by atoms with van der Waals surface area (Å²) in [6.07, 6.45) is 1.29. The second-order valence-electron chi connectivity index (χ2n) is 4.84. The van der Waals surface area contributed by atoms with Gasteiger partial charge in [-0.3, -0.25) is 0 Å². The van der Waals surface area contributed by atoms with E-state index in [2.05, 4.69) is 4.90 Å². The van der Waals surface area contributed by atoms with Gasteiger partial charge in [-0.25, -0.2) is 4.79 Å². The second-order valence-corrected chi connectivity index (χ2v) is 5.22. The van der Waals surface area contributed by atoms with Crippen LogP contribution < -0.4 is 0 Å². The van der Waals surface area contributed by atoms with E-state index in [1.54, 1.807) is 4.90 Å². The lowest BCUT2D eigenvalue weighted by molar-refractivity contribution is 0.110. The maximum atomic E-state index is 10.9. The molecule has 0 aromatic rings. The fourth-order valence-electron chi connectivity index (χ4n) is 2.91. The van der Waals surface area contributed by atoms with Crippen LogP contribution in [0.15, 0.2) is 0 Å². The van der Waals surface area contributed by atoms with Crippen molar-refractivity contribution in [1.82, 2.24) is 9.80 Å². The molecule has 1 amide bonds. The van der Waals surface area contributed by atoms with Gasteiger partial charge in [0.2, 0.25) is 0 Å². The highest BCUT2D eigenvalue weighted by Crippen LogP contribution is 2.31. The van der Waals surface area contributed by atoms with Crippen LogP contribution in [0.1, 0.15) is 12.8 Å². The summed E-state index contributed by atoms with van der Waals surface area (Å²) in [5.41, 5.74) is 0. The molecule has 2 aliphatic rings. The van der Waals surface area contributed by atoms with E-state index in [1.165, 1.54) is 0 Å². The number of fused-ring (bicyclic) bond motifs is 1. The van der Waals surface area contributed by atoms with Gasteiger partial charge < -0.3 is 14.9 Å². The number of nitrogens with zero attached hydrogens (tertiary/aromatic N) is 2. The second kappa shape index (κ2) is 5.23. The molecule has 0 bridgehead atoms. The van der Waals surface area contributed by atoms with Gasteiger partial charge in [0, 0.05) is 32.1 Å². The number of halogens is 1. The van der Waals surface area contributed by atoms with Crippen molar-refractivity contribution < 1.29 is 9.90 Å². The predicted molar refractivity (Wildman–Crippen MR) is 63.0 cm³/mol. The van der Waals surface area contributed by atoms with E-state index in [0.717, 1.165) is 39.0 Å². The molecule has 2 fully saturated rings. The van der Waals surface area contributed by atoms with E-state index in [1.807, 2.05) is 0 Å². The summed E-state index contributed by atoms with van der Waals surface area (Å²) in [4.78, 5) is 14.9. The monoisotopic (exact) mass is 246 g/mol. The normalized spacial score (nSPS) is 30.4. The molecule has 5 heteroatoms. The first kappa shape index (κ1) is 12.0. The molecule has 2 atom stereocenters. The summed E-state index contributed by atoms with van der Waals surface area (Å²) in [7, 11) is 0. The van der Waals surface area contributed by atoms with Crippen LogP contribution in [0, 0.1) is 11.8 Å². The molecule has 92 valence electrons. The van der Waals surface area contributed by atoms with Crippen molar-refractivity contribution in [1.29, 1.82) is 0 Å². The van der Waals surface area contributed by atoms with Crippen LogP contribution in [-0.2, 0) is 0 Å². The summed E-state index contributed by atoms with van der Waals surface area (Å²) in [5.74, 6) is 1.96. The maximum absolute atomic E-state index is 10.9. The Labute approximate surface area is 101 Å². The summed E-state index contributed by atoms with van der Waals surface area (Å²) >= 11 is 5.68. The third kappa shape index (κ3) is 2.61. The number of hydrogen-bond donors (Lipinski definition) is 1. The van der Waals surface area contributed by atoms with Gasteiger partial charge in [0.1, 0.15) is 0 Å². The highest BCUT2D eigenvalue weighted by Gasteiger charge is 2.37. The molecule has 16 heavy (non-hydrogen) atoms. The van der Waals surface area contributed by atoms with Crippen molar-refractivity contribution >= 4 is 17.7 Å². The minimum Gasteiger partial charge on any atom is -0.465 e. The van der Waals surface area contributed by atoms with Crippen LogP contribution in [0.25, 0.3) is 0 Å². The van der Waals surface area contributed by atoms with Gasteiger partial charge in [-0.05, 0) is 31.2 Å². The molecule has 2 heterocycles. The Morgan fingerprint density at radius 3 is 2.75 bits per heavy atom. The summed E-state index contributed by atoms with van der Waals surface area (Å²) in [6, 6.07) is 0. The fourth-order valence-corrected chi connectivity index (χ4v) is 3.02. The predicted octanol–water partition coefficient (Wildman–Crippen LogP) is 1.55. The van der Waals surface area contributed by atoms with Crippen LogP contribution in [0.5, 0.6) is 0 Å². The van der Waals surface area contributed by atoms with Crippen molar-refractivity contribution in [2.24, 2.45) is 11.8 Å². The van der Waals surface area contributed by atoms with Crippen molar-refractivity contribution in [3.05, 3.63) is 0 Å². The molecule has 2 saturated heterocycles. The van der Waals surface area contributed by atoms with E-state index >= 15 is 0 Å². The molecule has 0 aliphatic carbocycles. The number of alkyl halides is 1. The highest BCUT2D eigenvalue weighted by molar-refractivity contribution is 6.17. The Hall–Kier alpha value is -0.480. The van der Waals surface area contributed by atoms with Crippen molar-refractivity contribution in [2.45, 2.75) is 12.8 Å². The molecule has 1 N–H and O–H groups in total. The minimum absolute atomic E-state index is 0.542. The Morgan fingerprint density at radius 2 is 2.06 bits per heavy atom. The number of piperidine rings is 1. The number of likely N-dealkylation sites (tertiary alicyclic amines) is 2. The van der Waals surface area contributed by atoms with Crippen molar-refractivity contribution in [3.8, 4) is 0 Å². The zero-order valence-corrected chi connectivity index (χ0v) is 10.2. The zero-order chi connectivity index (χ0) is 11.5. The molecule has 2 unspecified atom stereocenters. The first-order chi connectivity index (χ1) is 7.70. The first-order valence-corrected chi connectivity index (χ1v) is 6.50. The summed E-state index contributed by atoms with van der Waals surface area (Å²) in [6.45, 7) is 4.67. The molecule has 2 rings (SSSR count). The van der Waals surface area contributed by atoms with Gasteiger partial charge in [0.05, 0.1) is 0 Å². The Balaban J connectivity index is 1.84. The van der Waals surface area contributed by atoms with Crippen LogP contribution in [0.4, 0.5) is 4.79 Å². The Bertz CT molecular complexity index is 262. The lowest BCUT2D eigenvalue weighted by Crippen LogP contribution is -2.42. The highest BCUT2D eigenvalue weighted by atomic mass is 35.5. The average molecular weight is 247 g/mol. The standard InChI is InChI=1S/C11H19ClN2O2/c12-3-1-4-13-6-9-2-5-14(11(15)16)8-10(9)7-13/h9-10H,1-8H2,(H,15,16). The van der Waals surface area contributed by atoms with Crippen LogP contribution >= 0.6 is 11.6 Å². The number of carboxylic acid groups (broad SMARTS) is 1. The smallest absolute Gasteiger partial charge is 0.407 e. The van der Waals surface area contributed by atoms with Crippen molar-refractivity contribution in [3.63, 3.8) is 0 Å². The largest absolute Gasteiger partial charge is 0.465 e. The third-order valence-electron chi connectivity index (χ3n) is 3.76. The van der Waals surface area contributed by atoms with Gasteiger partial charge in [0.25, 0.3) is 0 Å². The molecular weight excluding hydrogens is 228 g/mol. The number of hydrogen-bond acceptors (Lipinski definition) is 2. The quantitative estimate of drug-likeness (QED) is 0.769. The molecular formula is C11H19ClN2O2. The van der Waals surface area contributed by atoms with E-state index in [9.17, 15) is 4.79 Å². The van der Waals surface area contributed by atoms with Crippen molar-refractivity contribution in [2.75, 3.05) is 38.6 Å². The minimum atomic E-state index is -0.766. The van der Waals surface area contributed by atoms with Gasteiger partial charge in [0.15, 0.2) is 0 Å². The molecule has 4 nitrogen and oxygen atoms in total. The Morgan fingerprint density at radius 1 is 1.31 bits per heavy atom. The average Bonchev–Trinajstić information content (AvgIpc) is 2.67. The molecule has 0 saturated carbocycles. The molecule has 0 radical (unpaired) electrons. The molecule has 0 spiro atoms. The van der Waals surface area contributed by atoms with E-state index in [0.29, 0.717) is 24.3 Å². The number of rotatable bonds is 3. The van der Waals surface area contributed by atoms with E-state index in [4.69, 9.17) is 16.7 Å². The number of carbonyl (C=O) groups is 1. The van der Waals surface area contributed by atoms with Gasteiger partial charge in [-0.2, -0.15) is 0 Å². The van der Waals surface area contributed by atoms with Gasteiger partial charge >= 0.3 is 6.09 Å². The van der Waals surface area contributed by atoms with Crippen LogP contribution in [-0.4, -0.2) is 59.6 Å². The SMILES string of the molecule is O=C(O)N1CCC2CN(CCCCl)CC2C1. The molecule has 0 aromatic heterocycles. The van der Waals surface area contributed by atoms with Gasteiger partial charge in [-0.1, -0.05) is 0 Å². The lowest BCUT2D eigenvalue weighted by Gasteiger charge is -2.32. The molecule has 0 aromatic carbocycles. The van der Waals surface area contributed by atoms with Crippen LogP contribution in [0.2, 0.25) is 0 Å². The van der Waals surface area contributed by atoms with E-state index in [-0.39, 0.29) is 0 Å². The van der Waals surface area contributed by atoms with Crippen LogP contribution in [0.3, 0.4) is 0 Å². The third-order valence-corrected chi connectivity index (χ3v) is 4.02. The Kier molecular flexibility index (Phi) is 3.92. The van der Waals surface area contributed by atoms with Gasteiger partial charge in [-0.15, -0.1) is 11.6 Å². The first-order valence-electron chi connectivity index (χ1n) is 5.97. The molecule has 2 aliphatic heterocycles. The lowest BCUT2D eigenvalue weighted by atomic mass is 9.89. The summed E-state index contributed by atoms with van der Waals surface area (Å²) in [5, 5.41) is 8.96. The topological polar surface area (TPSA) is 43.8 Å². The number of amides is 1. The van der Waals surface area contributed by atoms with E-state index < -0.39 is 6.09 Å².